The zero-order valence-corrected chi connectivity index (χ0v) is 27.9. The molecule has 0 saturated carbocycles. The summed E-state index contributed by atoms with van der Waals surface area (Å²) in [5.41, 5.74) is 3.71. The van der Waals surface area contributed by atoms with Crippen LogP contribution in [0.5, 0.6) is 0 Å². The van der Waals surface area contributed by atoms with E-state index in [2.05, 4.69) is 20.1 Å². The Balaban J connectivity index is 1.66. The van der Waals surface area contributed by atoms with Crippen molar-refractivity contribution in [2.24, 2.45) is 11.8 Å². The van der Waals surface area contributed by atoms with Crippen molar-refractivity contribution >= 4 is 35.2 Å². The summed E-state index contributed by atoms with van der Waals surface area (Å²) < 4.78 is -1.28. The maximum absolute atomic E-state index is 15.2. The average molecular weight is 630 g/mol. The van der Waals surface area contributed by atoms with Crippen molar-refractivity contribution in [1.82, 2.24) is 9.80 Å². The summed E-state index contributed by atoms with van der Waals surface area (Å²) in [6.07, 6.45) is 6.03. The molecule has 5 rings (SSSR count). The fourth-order valence-electron chi connectivity index (χ4n) is 8.26. The van der Waals surface area contributed by atoms with E-state index in [-0.39, 0.29) is 30.9 Å². The van der Waals surface area contributed by atoms with Gasteiger partial charge in [0, 0.05) is 30.1 Å². The molecule has 0 aromatic heterocycles. The third kappa shape index (κ3) is 5.54. The molecule has 3 heterocycles. The van der Waals surface area contributed by atoms with Crippen molar-refractivity contribution in [3.8, 4) is 0 Å². The number of anilines is 1. The minimum absolute atomic E-state index is 0.0407. The van der Waals surface area contributed by atoms with E-state index in [1.807, 2.05) is 74.2 Å². The summed E-state index contributed by atoms with van der Waals surface area (Å²) in [5.74, 6) is -1.66. The molecule has 3 amide bonds. The Morgan fingerprint density at radius 3 is 2.31 bits per heavy atom. The van der Waals surface area contributed by atoms with Crippen LogP contribution in [0.3, 0.4) is 0 Å². The number of carbonyl (C=O) groups excluding carboxylic acids is 3. The zero-order valence-electron chi connectivity index (χ0n) is 27.1. The highest BCUT2D eigenvalue weighted by molar-refractivity contribution is 8.02. The molecule has 0 aliphatic carbocycles. The van der Waals surface area contributed by atoms with Crippen LogP contribution in [0.15, 0.2) is 73.8 Å². The number of hydrogen-bond donors (Lipinski definition) is 1. The van der Waals surface area contributed by atoms with Gasteiger partial charge in [0.05, 0.1) is 29.2 Å². The quantitative estimate of drug-likeness (QED) is 0.303. The topological polar surface area (TPSA) is 81.2 Å². The smallest absolute Gasteiger partial charge is 0.251 e. The van der Waals surface area contributed by atoms with Crippen molar-refractivity contribution in [2.75, 3.05) is 31.1 Å². The number of likely N-dealkylation sites (tertiary alicyclic amines) is 1. The first-order valence-corrected chi connectivity index (χ1v) is 17.0. The third-order valence-corrected chi connectivity index (χ3v) is 12.1. The second kappa shape index (κ2) is 13.2. The lowest BCUT2D eigenvalue weighted by Crippen LogP contribution is -2.58. The summed E-state index contributed by atoms with van der Waals surface area (Å²) in [5, 5.41) is 10.9. The molecule has 2 aromatic rings. The van der Waals surface area contributed by atoms with E-state index in [1.165, 1.54) is 0 Å². The number of rotatable bonds is 13. The first kappa shape index (κ1) is 33.0. The van der Waals surface area contributed by atoms with Crippen molar-refractivity contribution in [2.45, 2.75) is 75.0 Å². The molecule has 3 saturated heterocycles. The number of amides is 3. The second-order valence-electron chi connectivity index (χ2n) is 13.1. The van der Waals surface area contributed by atoms with Gasteiger partial charge in [-0.05, 0) is 63.1 Å². The van der Waals surface area contributed by atoms with Gasteiger partial charge in [0.25, 0.3) is 5.91 Å². The number of hydrogen-bond acceptors (Lipinski definition) is 5. The molecule has 2 unspecified atom stereocenters. The lowest BCUT2D eigenvalue weighted by Gasteiger charge is -2.40. The van der Waals surface area contributed by atoms with E-state index in [9.17, 15) is 14.7 Å². The average Bonchev–Trinajstić information content (AvgIpc) is 3.59. The van der Waals surface area contributed by atoms with E-state index in [0.29, 0.717) is 25.9 Å². The Morgan fingerprint density at radius 2 is 1.71 bits per heavy atom. The van der Waals surface area contributed by atoms with Gasteiger partial charge in [-0.1, -0.05) is 67.6 Å². The molecular formula is C37H47N3O4S. The lowest BCUT2D eigenvalue weighted by molar-refractivity contribution is -0.146. The Kier molecular flexibility index (Phi) is 9.66. The van der Waals surface area contributed by atoms with Crippen LogP contribution in [0, 0.1) is 25.7 Å². The Labute approximate surface area is 272 Å². The minimum Gasteiger partial charge on any atom is -0.394 e. The van der Waals surface area contributed by atoms with Crippen LogP contribution in [0.25, 0.3) is 0 Å². The molecule has 3 aliphatic heterocycles. The maximum Gasteiger partial charge on any atom is 0.251 e. The number of benzene rings is 2. The van der Waals surface area contributed by atoms with Crippen molar-refractivity contribution < 1.29 is 19.5 Å². The number of aryl methyl sites for hydroxylation is 2. The first-order chi connectivity index (χ1) is 21.6. The van der Waals surface area contributed by atoms with Crippen LogP contribution < -0.4 is 4.90 Å². The number of fused-ring (bicyclic) bond motifs is 1. The van der Waals surface area contributed by atoms with Crippen LogP contribution in [0.4, 0.5) is 5.69 Å². The molecule has 0 radical (unpaired) electrons. The van der Waals surface area contributed by atoms with E-state index in [1.54, 1.807) is 33.7 Å². The molecular weight excluding hydrogens is 582 g/mol. The van der Waals surface area contributed by atoms with Crippen LogP contribution in [0.1, 0.15) is 49.8 Å². The summed E-state index contributed by atoms with van der Waals surface area (Å²) in [6, 6.07) is 14.2. The largest absolute Gasteiger partial charge is 0.394 e. The first-order valence-electron chi connectivity index (χ1n) is 16.1. The zero-order chi connectivity index (χ0) is 32.5. The predicted molar refractivity (Wildman–Crippen MR) is 182 cm³/mol. The molecule has 2 bridgehead atoms. The summed E-state index contributed by atoms with van der Waals surface area (Å²) >= 11 is 1.67. The van der Waals surface area contributed by atoms with E-state index in [4.69, 9.17) is 0 Å². The van der Waals surface area contributed by atoms with Gasteiger partial charge >= 0.3 is 0 Å². The maximum atomic E-state index is 15.2. The molecule has 1 N–H and O–H groups in total. The van der Waals surface area contributed by atoms with E-state index < -0.39 is 33.4 Å². The van der Waals surface area contributed by atoms with E-state index >= 15 is 4.79 Å². The van der Waals surface area contributed by atoms with Crippen LogP contribution in [0.2, 0.25) is 0 Å². The highest BCUT2D eigenvalue weighted by atomic mass is 32.2. The van der Waals surface area contributed by atoms with Gasteiger partial charge in [-0.3, -0.25) is 14.4 Å². The monoisotopic (exact) mass is 629 g/mol. The predicted octanol–water partition coefficient (Wildman–Crippen LogP) is 5.33. The number of aliphatic hydroxyl groups excluding tert-OH is 1. The van der Waals surface area contributed by atoms with Crippen LogP contribution in [-0.4, -0.2) is 80.4 Å². The Hall–Kier alpha value is -3.36. The van der Waals surface area contributed by atoms with Gasteiger partial charge in [-0.25, -0.2) is 0 Å². The number of thioether (sulfide) groups is 1. The highest BCUT2D eigenvalue weighted by Crippen LogP contribution is 2.72. The molecule has 8 heteroatoms. The third-order valence-electron chi connectivity index (χ3n) is 10.1. The van der Waals surface area contributed by atoms with Gasteiger partial charge in [-0.2, -0.15) is 0 Å². The Morgan fingerprint density at radius 1 is 1.04 bits per heavy atom. The SMILES string of the molecule is C=CCN(CCC)C(=O)[C@H]1[C@H]2C(=O)N([C@@H](CO)Cc3ccccc3)C(C(=O)N(CC=C)c3c(C)cccc3C)C23CC[C@]1(C)S3. The van der Waals surface area contributed by atoms with Crippen molar-refractivity contribution in [1.29, 1.82) is 0 Å². The second-order valence-corrected chi connectivity index (χ2v) is 14.9. The molecule has 6 atom stereocenters. The van der Waals surface area contributed by atoms with Gasteiger partial charge < -0.3 is 19.8 Å². The minimum atomic E-state index is -0.849. The summed E-state index contributed by atoms with van der Waals surface area (Å²) in [4.78, 5) is 49.8. The van der Waals surface area contributed by atoms with Crippen LogP contribution >= 0.6 is 11.8 Å². The molecule has 240 valence electrons. The molecule has 3 aliphatic rings. The van der Waals surface area contributed by atoms with Gasteiger partial charge in [0.15, 0.2) is 0 Å². The van der Waals surface area contributed by atoms with Gasteiger partial charge in [-0.15, -0.1) is 24.9 Å². The lowest BCUT2D eigenvalue weighted by atomic mass is 9.66. The van der Waals surface area contributed by atoms with Gasteiger partial charge in [0.1, 0.15) is 6.04 Å². The van der Waals surface area contributed by atoms with Crippen LogP contribution in [-0.2, 0) is 20.8 Å². The van der Waals surface area contributed by atoms with Crippen molar-refractivity contribution in [3.05, 3.63) is 90.5 Å². The Bertz CT molecular complexity index is 1440. The molecule has 45 heavy (non-hydrogen) atoms. The number of carbonyl (C=O) groups is 3. The fourth-order valence-corrected chi connectivity index (χ4v) is 10.6. The fraction of sp³-hybridized carbons (Fsp3) is 0.486. The van der Waals surface area contributed by atoms with E-state index in [0.717, 1.165) is 35.2 Å². The molecule has 2 aromatic carbocycles. The normalized spacial score (nSPS) is 27.3. The standard InChI is InChI=1S/C37H47N3O4S/c1-7-20-38(21-8-2)33(42)29-30-34(43)40(28(24-41)23-27-16-11-10-12-17-27)32(37(30)19-18-36(29,6)45-37)35(44)39(22-9-3)31-25(4)14-13-15-26(31)5/h7,9-17,28-30,32,41H,1,3,8,18-24H2,2,4-6H3/t28-,29-,30+,32?,36+,37?/m1/s1. The van der Waals surface area contributed by atoms with Crippen molar-refractivity contribution in [3.63, 3.8) is 0 Å². The number of nitrogens with zero attached hydrogens (tertiary/aromatic N) is 3. The summed E-state index contributed by atoms with van der Waals surface area (Å²) in [7, 11) is 0. The molecule has 3 fully saturated rings. The van der Waals surface area contributed by atoms with Gasteiger partial charge in [0.2, 0.25) is 11.8 Å². The number of para-hydroxylation sites is 1. The highest BCUT2D eigenvalue weighted by Gasteiger charge is 2.78. The molecule has 1 spiro atoms. The molecule has 7 nitrogen and oxygen atoms in total. The summed E-state index contributed by atoms with van der Waals surface area (Å²) in [6.45, 7) is 16.9. The number of aliphatic hydroxyl groups is 1.